The number of hydrogen-bond acceptors (Lipinski definition) is 7. The quantitative estimate of drug-likeness (QED) is 0.0827. The van der Waals surface area contributed by atoms with E-state index in [-0.39, 0.29) is 12.2 Å². The number of ketones is 1. The lowest BCUT2D eigenvalue weighted by molar-refractivity contribution is -0.172. The van der Waals surface area contributed by atoms with E-state index in [1.54, 1.807) is 24.3 Å². The molecular formula is C32H47NO10. The molecule has 11 nitrogen and oxygen atoms in total. The zero-order valence-corrected chi connectivity index (χ0v) is 25.3. The van der Waals surface area contributed by atoms with E-state index < -0.39 is 47.8 Å². The molecule has 240 valence electrons. The third-order valence-electron chi connectivity index (χ3n) is 7.27. The van der Waals surface area contributed by atoms with Gasteiger partial charge in [-0.3, -0.25) is 14.4 Å². The molecule has 5 N–H and O–H groups in total. The second-order valence-corrected chi connectivity index (χ2v) is 10.8. The molecule has 1 aromatic carbocycles. The van der Waals surface area contributed by atoms with Crippen molar-refractivity contribution < 1.29 is 49.1 Å². The lowest BCUT2D eigenvalue weighted by Gasteiger charge is -2.29. The number of aliphatic carboxylic acids is 3. The van der Waals surface area contributed by atoms with Crippen molar-refractivity contribution in [1.82, 2.24) is 5.32 Å². The van der Waals surface area contributed by atoms with E-state index in [4.69, 9.17) is 4.74 Å². The Morgan fingerprint density at radius 3 is 1.98 bits per heavy atom. The predicted octanol–water partition coefficient (Wildman–Crippen LogP) is 4.54. The van der Waals surface area contributed by atoms with Crippen molar-refractivity contribution >= 4 is 29.6 Å². The molecule has 0 radical (unpaired) electrons. The molecule has 3 atom stereocenters. The lowest BCUT2D eigenvalue weighted by atomic mass is 9.82. The topological polar surface area (TPSA) is 188 Å². The summed E-state index contributed by atoms with van der Waals surface area (Å²) in [6.07, 6.45) is 11.3. The third-order valence-corrected chi connectivity index (χ3v) is 7.27. The summed E-state index contributed by atoms with van der Waals surface area (Å²) in [5, 5.41) is 41.7. The molecule has 1 amide bonds. The average molecular weight is 606 g/mol. The van der Waals surface area contributed by atoms with Gasteiger partial charge in [-0.2, -0.15) is 0 Å². The zero-order chi connectivity index (χ0) is 32.3. The van der Waals surface area contributed by atoms with Crippen molar-refractivity contribution in [2.45, 2.75) is 108 Å². The number of amides is 1. The van der Waals surface area contributed by atoms with E-state index in [1.807, 2.05) is 0 Å². The first-order valence-electron chi connectivity index (χ1n) is 15.0. The van der Waals surface area contributed by atoms with Gasteiger partial charge in [0.1, 0.15) is 17.6 Å². The molecule has 0 heterocycles. The van der Waals surface area contributed by atoms with Crippen LogP contribution >= 0.6 is 0 Å². The Hall–Kier alpha value is -3.73. The Kier molecular flexibility index (Phi) is 17.5. The van der Waals surface area contributed by atoms with Gasteiger partial charge in [0.25, 0.3) is 0 Å². The van der Waals surface area contributed by atoms with Crippen molar-refractivity contribution in [3.05, 3.63) is 42.0 Å². The summed E-state index contributed by atoms with van der Waals surface area (Å²) in [4.78, 5) is 60.5. The minimum absolute atomic E-state index is 0.146. The Morgan fingerprint density at radius 1 is 0.884 bits per heavy atom. The number of unbranched alkanes of at least 4 members (excludes halogenated alkanes) is 8. The number of carbonyl (C=O) groups excluding carboxylic acids is 2. The number of allylic oxidation sites excluding steroid dienone is 1. The van der Waals surface area contributed by atoms with Gasteiger partial charge in [0.15, 0.2) is 5.60 Å². The Morgan fingerprint density at radius 2 is 1.47 bits per heavy atom. The highest BCUT2D eigenvalue weighted by molar-refractivity contribution is 5.94. The first-order valence-corrected chi connectivity index (χ1v) is 15.0. The van der Waals surface area contributed by atoms with Crippen molar-refractivity contribution in [2.24, 2.45) is 5.92 Å². The van der Waals surface area contributed by atoms with E-state index >= 15 is 0 Å². The third kappa shape index (κ3) is 14.3. The smallest absolute Gasteiger partial charge is 0.337 e. The molecule has 1 aromatic rings. The lowest BCUT2D eigenvalue weighted by Crippen LogP contribution is -2.55. The first-order chi connectivity index (χ1) is 20.4. The van der Waals surface area contributed by atoms with E-state index in [1.165, 1.54) is 19.6 Å². The molecule has 0 aliphatic heterocycles. The predicted molar refractivity (Wildman–Crippen MR) is 160 cm³/mol. The number of aliphatic hydroxyl groups is 1. The minimum Gasteiger partial charge on any atom is -0.497 e. The second-order valence-electron chi connectivity index (χ2n) is 10.8. The van der Waals surface area contributed by atoms with Crippen molar-refractivity contribution in [3.63, 3.8) is 0 Å². The van der Waals surface area contributed by atoms with E-state index in [2.05, 4.69) is 12.2 Å². The molecule has 0 spiro atoms. The number of carboxylic acid groups (broad SMARTS) is 3. The molecule has 0 aliphatic rings. The molecule has 0 bridgehead atoms. The average Bonchev–Trinajstić information content (AvgIpc) is 2.95. The Labute approximate surface area is 253 Å². The molecular weight excluding hydrogens is 558 g/mol. The molecule has 1 rings (SSSR count). The number of carboxylic acids is 3. The molecule has 0 fully saturated rings. The van der Waals surface area contributed by atoms with Crippen LogP contribution in [-0.4, -0.2) is 68.8 Å². The van der Waals surface area contributed by atoms with Gasteiger partial charge in [0.2, 0.25) is 5.91 Å². The molecule has 11 heteroatoms. The second kappa shape index (κ2) is 20.2. The van der Waals surface area contributed by atoms with Crippen LogP contribution in [0.4, 0.5) is 0 Å². The zero-order valence-electron chi connectivity index (χ0n) is 25.3. The van der Waals surface area contributed by atoms with Gasteiger partial charge in [-0.25, -0.2) is 9.59 Å². The van der Waals surface area contributed by atoms with E-state index in [9.17, 15) is 44.4 Å². The summed E-state index contributed by atoms with van der Waals surface area (Å²) in [7, 11) is 1.48. The van der Waals surface area contributed by atoms with E-state index in [0.717, 1.165) is 51.0 Å². The van der Waals surface area contributed by atoms with Crippen molar-refractivity contribution in [1.29, 1.82) is 0 Å². The molecule has 0 aromatic heterocycles. The maximum Gasteiger partial charge on any atom is 0.337 e. The Balaban J connectivity index is 2.79. The highest BCUT2D eigenvalue weighted by atomic mass is 16.5. The van der Waals surface area contributed by atoms with Crippen LogP contribution < -0.4 is 10.1 Å². The van der Waals surface area contributed by atoms with Gasteiger partial charge in [0, 0.05) is 19.3 Å². The molecule has 0 aliphatic carbocycles. The van der Waals surface area contributed by atoms with Crippen LogP contribution in [0.1, 0.15) is 96.0 Å². The van der Waals surface area contributed by atoms with Crippen LogP contribution in [0.5, 0.6) is 5.75 Å². The fourth-order valence-corrected chi connectivity index (χ4v) is 4.69. The number of rotatable bonds is 24. The number of nitrogens with one attached hydrogen (secondary N) is 1. The van der Waals surface area contributed by atoms with Crippen LogP contribution in [0.2, 0.25) is 0 Å². The monoisotopic (exact) mass is 605 g/mol. The van der Waals surface area contributed by atoms with Gasteiger partial charge < -0.3 is 30.5 Å². The molecule has 0 saturated heterocycles. The highest BCUT2D eigenvalue weighted by Crippen LogP contribution is 2.26. The number of carbonyl (C=O) groups is 5. The van der Waals surface area contributed by atoms with Gasteiger partial charge >= 0.3 is 17.9 Å². The summed E-state index contributed by atoms with van der Waals surface area (Å²) in [5.41, 5.74) is -2.46. The fourth-order valence-electron chi connectivity index (χ4n) is 4.69. The summed E-state index contributed by atoms with van der Waals surface area (Å²) < 4.78 is 5.08. The standard InChI is InChI=1S/C32H47NO10/c1-3-4-5-8-11-14-24(34)15-12-9-6-7-10-13-16-26(32(42,31(40)41)22-28(35)36)29(37)33-27(30(38)39)21-23-17-19-25(43-2)20-18-23/h13,16-20,26-27,42H,3-12,14-15,21-22H2,1-2H3,(H,33,37)(H,35,36)(H,38,39)(H,40,41)/t26-,27+,32+/m1/s1. The highest BCUT2D eigenvalue weighted by Gasteiger charge is 2.49. The van der Waals surface area contributed by atoms with Crippen LogP contribution in [0, 0.1) is 5.92 Å². The van der Waals surface area contributed by atoms with E-state index in [0.29, 0.717) is 37.0 Å². The largest absolute Gasteiger partial charge is 0.497 e. The van der Waals surface area contributed by atoms with Gasteiger partial charge in [-0.1, -0.05) is 69.7 Å². The summed E-state index contributed by atoms with van der Waals surface area (Å²) in [6.45, 7) is 2.15. The Bertz CT molecular complexity index is 1070. The van der Waals surface area contributed by atoms with Gasteiger partial charge in [0.05, 0.1) is 19.4 Å². The maximum absolute atomic E-state index is 13.2. The number of hydrogen-bond donors (Lipinski definition) is 5. The van der Waals surface area contributed by atoms with Crippen LogP contribution in [0.25, 0.3) is 0 Å². The number of ether oxygens (including phenoxy) is 1. The molecule has 0 saturated carbocycles. The number of Topliss-reactive ketones (excluding diaryl/α,β-unsaturated/α-hetero) is 1. The minimum atomic E-state index is -3.01. The number of benzene rings is 1. The van der Waals surface area contributed by atoms with Gasteiger partial charge in [-0.15, -0.1) is 0 Å². The maximum atomic E-state index is 13.2. The van der Waals surface area contributed by atoms with Crippen LogP contribution in [0.3, 0.4) is 0 Å². The SMILES string of the molecule is CCCCCCCC(=O)CCCCCCC=C[C@H](C(=O)N[C@@H](Cc1ccc(OC)cc1)C(=O)O)[C@@](O)(CC(=O)O)C(=O)O. The first kappa shape index (κ1) is 37.3. The fraction of sp³-hybridized carbons (Fsp3) is 0.594. The normalized spacial score (nSPS) is 14.0. The molecule has 0 unspecified atom stereocenters. The summed E-state index contributed by atoms with van der Waals surface area (Å²) in [6, 6.07) is 4.98. The molecule has 43 heavy (non-hydrogen) atoms. The van der Waals surface area contributed by atoms with Crippen LogP contribution in [-0.2, 0) is 30.4 Å². The van der Waals surface area contributed by atoms with Crippen molar-refractivity contribution in [2.75, 3.05) is 7.11 Å². The summed E-state index contributed by atoms with van der Waals surface area (Å²) in [5.74, 6) is -7.13. The van der Waals surface area contributed by atoms with Crippen LogP contribution in [0.15, 0.2) is 36.4 Å². The van der Waals surface area contributed by atoms with Gasteiger partial charge in [-0.05, 0) is 43.4 Å². The summed E-state index contributed by atoms with van der Waals surface area (Å²) >= 11 is 0. The van der Waals surface area contributed by atoms with Crippen molar-refractivity contribution in [3.8, 4) is 5.75 Å². The number of methoxy groups -OCH3 is 1.